The number of nitrogens with zero attached hydrogens (tertiary/aromatic N) is 18. The number of hydrogen-bond acceptors (Lipinski definition) is 18. The summed E-state index contributed by atoms with van der Waals surface area (Å²) in [5.41, 5.74) is 0. The molecule has 0 atom stereocenters. The van der Waals surface area contributed by atoms with Gasteiger partial charge in [-0.05, 0) is 41.7 Å². The second-order valence-corrected chi connectivity index (χ2v) is 4.38. The molecule has 4 N–H and O–H groups in total. The Bertz CT molecular complexity index is 754. The van der Waals surface area contributed by atoms with Crippen LogP contribution in [0.5, 0.6) is 0 Å². The van der Waals surface area contributed by atoms with E-state index < -0.39 is 10.2 Å². The van der Waals surface area contributed by atoms with Gasteiger partial charge in [0.25, 0.3) is 0 Å². The molecular weight excluding hydrogens is 540 g/mol. The molecule has 4 aromatic rings. The van der Waals surface area contributed by atoms with Gasteiger partial charge in [0.2, 0.25) is 0 Å². The van der Waals surface area contributed by atoms with Gasteiger partial charge in [0.1, 0.15) is 25.3 Å². The number of aromatic nitrogens is 16. The average molecular weight is 560 g/mol. The van der Waals surface area contributed by atoms with Crippen LogP contribution in [-0.4, -0.2) is 102 Å². The number of tetrazole rings is 4. The van der Waals surface area contributed by atoms with Gasteiger partial charge in [-0.3, -0.25) is 0 Å². The fourth-order valence-electron chi connectivity index (χ4n) is 0.828. The fourth-order valence-corrected chi connectivity index (χ4v) is 0.828. The standard InChI is InChI=1S/4C2H4N4.Cu.2NO3.2H2O/c4*1-6-2-3-4-5-6;;2*2-1(3)4;;/h4*2H,1H3;;;;2*1H2/q;;;;+2;2*-1;;. The van der Waals surface area contributed by atoms with Gasteiger partial charge >= 0.3 is 17.1 Å². The van der Waals surface area contributed by atoms with Crippen LogP contribution in [0.15, 0.2) is 25.3 Å². The molecule has 201 valence electrons. The number of hydrogen-bond donors (Lipinski definition) is 0. The smallest absolute Gasteiger partial charge is 0.412 e. The third kappa shape index (κ3) is 40.1. The van der Waals surface area contributed by atoms with Crippen LogP contribution in [0.1, 0.15) is 0 Å². The largest absolute Gasteiger partial charge is 2.00 e. The molecule has 0 bridgehead atoms. The van der Waals surface area contributed by atoms with E-state index in [1.807, 2.05) is 0 Å². The molecule has 0 unspecified atom stereocenters. The molecule has 1 radical (unpaired) electrons. The predicted molar refractivity (Wildman–Crippen MR) is 103 cm³/mol. The minimum atomic E-state index is -1.75. The second kappa shape index (κ2) is 27.2. The molecule has 4 aromatic heterocycles. The van der Waals surface area contributed by atoms with Crippen LogP contribution in [0, 0.1) is 30.6 Å². The second-order valence-electron chi connectivity index (χ2n) is 4.38. The maximum atomic E-state index is 8.25. The summed E-state index contributed by atoms with van der Waals surface area (Å²) in [6.07, 6.45) is 6.11. The topological polar surface area (TPSA) is 370 Å². The molecule has 35 heavy (non-hydrogen) atoms. The Morgan fingerprint density at radius 1 is 0.514 bits per heavy atom. The first-order valence-electron chi connectivity index (χ1n) is 7.35. The first kappa shape index (κ1) is 40.5. The van der Waals surface area contributed by atoms with Crippen LogP contribution in [0.2, 0.25) is 0 Å². The molecule has 26 nitrogen and oxygen atoms in total. The van der Waals surface area contributed by atoms with Crippen LogP contribution in [0.3, 0.4) is 0 Å². The summed E-state index contributed by atoms with van der Waals surface area (Å²) < 4.78 is 6.11. The maximum Gasteiger partial charge on any atom is 2.00 e. The molecule has 0 aliphatic rings. The van der Waals surface area contributed by atoms with Gasteiger partial charge in [0.05, 0.1) is 10.2 Å². The van der Waals surface area contributed by atoms with Crippen molar-refractivity contribution in [3.63, 3.8) is 0 Å². The van der Waals surface area contributed by atoms with Gasteiger partial charge in [0.15, 0.2) is 0 Å². The van der Waals surface area contributed by atoms with Crippen LogP contribution in [0.4, 0.5) is 0 Å². The Kier molecular flexibility index (Phi) is 31.4. The van der Waals surface area contributed by atoms with E-state index in [2.05, 4.69) is 62.1 Å². The maximum absolute atomic E-state index is 8.25. The van der Waals surface area contributed by atoms with E-state index in [4.69, 9.17) is 30.6 Å². The van der Waals surface area contributed by atoms with Crippen LogP contribution < -0.4 is 0 Å². The van der Waals surface area contributed by atoms with E-state index in [1.54, 1.807) is 28.2 Å². The molecule has 0 aromatic carbocycles. The van der Waals surface area contributed by atoms with Crippen molar-refractivity contribution >= 4 is 0 Å². The van der Waals surface area contributed by atoms with Crippen LogP contribution in [0.25, 0.3) is 0 Å². The number of rotatable bonds is 0. The van der Waals surface area contributed by atoms with E-state index >= 15 is 0 Å². The van der Waals surface area contributed by atoms with E-state index in [0.29, 0.717) is 0 Å². The van der Waals surface area contributed by atoms with E-state index in [1.165, 1.54) is 44.0 Å². The summed E-state index contributed by atoms with van der Waals surface area (Å²) in [7, 11) is 7.06. The fraction of sp³-hybridized carbons (Fsp3) is 0.500. The predicted octanol–water partition coefficient (Wildman–Crippen LogP) is -5.29. The minimum absolute atomic E-state index is 0. The van der Waals surface area contributed by atoms with E-state index in [0.717, 1.165) is 0 Å². The Balaban J connectivity index is -0.000000102. The van der Waals surface area contributed by atoms with E-state index in [9.17, 15) is 0 Å². The zero-order valence-electron chi connectivity index (χ0n) is 18.1. The average Bonchev–Trinajstić information content (AvgIpc) is 3.47. The summed E-state index contributed by atoms with van der Waals surface area (Å²) in [5.74, 6) is 0. The minimum Gasteiger partial charge on any atom is -0.412 e. The molecule has 4 rings (SSSR count). The molecule has 0 fully saturated rings. The summed E-state index contributed by atoms with van der Waals surface area (Å²) >= 11 is 0. The SMILES string of the molecule is Cn1cnnn1.Cn1cnnn1.Cn1cnnn1.Cn1cnnn1.O.O.O=[N+]([O-])[O-].O=[N+]([O-])[O-].[Cu+2]. The third-order valence-electron chi connectivity index (χ3n) is 1.81. The Morgan fingerprint density at radius 2 is 0.657 bits per heavy atom. The van der Waals surface area contributed by atoms with Crippen molar-refractivity contribution in [3.8, 4) is 0 Å². The van der Waals surface area contributed by atoms with E-state index in [-0.39, 0.29) is 28.0 Å². The molecular formula is C8H20CuN18O8. The summed E-state index contributed by atoms with van der Waals surface area (Å²) in [4.78, 5) is 16.5. The van der Waals surface area contributed by atoms with Gasteiger partial charge < -0.3 is 41.6 Å². The zero-order chi connectivity index (χ0) is 24.8. The van der Waals surface area contributed by atoms with Crippen LogP contribution >= 0.6 is 0 Å². The van der Waals surface area contributed by atoms with Crippen molar-refractivity contribution in [1.29, 1.82) is 0 Å². The van der Waals surface area contributed by atoms with Crippen molar-refractivity contribution in [2.45, 2.75) is 0 Å². The van der Waals surface area contributed by atoms with Crippen molar-refractivity contribution < 1.29 is 38.2 Å². The van der Waals surface area contributed by atoms with Crippen LogP contribution in [-0.2, 0) is 45.3 Å². The Morgan fingerprint density at radius 3 is 0.686 bits per heavy atom. The number of aryl methyl sites for hydroxylation is 4. The van der Waals surface area contributed by atoms with Gasteiger partial charge in [0, 0.05) is 28.2 Å². The quantitative estimate of drug-likeness (QED) is 0.110. The molecule has 0 spiro atoms. The molecule has 0 amide bonds. The van der Waals surface area contributed by atoms with Gasteiger partial charge in [-0.15, -0.1) is 20.4 Å². The molecule has 0 saturated carbocycles. The molecule has 0 saturated heterocycles. The molecule has 0 aliphatic heterocycles. The Labute approximate surface area is 203 Å². The van der Waals surface area contributed by atoms with Gasteiger partial charge in [-0.25, -0.2) is 18.7 Å². The monoisotopic (exact) mass is 559 g/mol. The van der Waals surface area contributed by atoms with Crippen molar-refractivity contribution in [3.05, 3.63) is 56.0 Å². The first-order chi connectivity index (χ1) is 15.0. The summed E-state index contributed by atoms with van der Waals surface area (Å²) in [6, 6.07) is 0. The van der Waals surface area contributed by atoms with Gasteiger partial charge in [-0.1, -0.05) is 0 Å². The summed E-state index contributed by atoms with van der Waals surface area (Å²) in [6.45, 7) is 0. The molecule has 27 heteroatoms. The molecule has 4 heterocycles. The van der Waals surface area contributed by atoms with Crippen molar-refractivity contribution in [2.24, 2.45) is 28.2 Å². The Hall–Kier alpha value is -4.88. The first-order valence-corrected chi connectivity index (χ1v) is 7.35. The normalized spacial score (nSPS) is 7.43. The summed E-state index contributed by atoms with van der Waals surface area (Å²) in [5, 5.41) is 70.2. The van der Waals surface area contributed by atoms with Gasteiger partial charge in [-0.2, -0.15) is 0 Å². The molecule has 0 aliphatic carbocycles. The van der Waals surface area contributed by atoms with Crippen molar-refractivity contribution in [2.75, 3.05) is 0 Å². The third-order valence-corrected chi connectivity index (χ3v) is 1.81. The van der Waals surface area contributed by atoms with Crippen molar-refractivity contribution in [1.82, 2.24) is 80.8 Å². The zero-order valence-corrected chi connectivity index (χ0v) is 19.1.